The zero-order valence-corrected chi connectivity index (χ0v) is 12.2. The number of fused-ring (bicyclic) bond motifs is 1. The van der Waals surface area contributed by atoms with Gasteiger partial charge in [-0.15, -0.1) is 0 Å². The summed E-state index contributed by atoms with van der Waals surface area (Å²) in [4.78, 5) is 14.1. The molecule has 1 fully saturated rings. The molecule has 0 aromatic heterocycles. The van der Waals surface area contributed by atoms with Crippen molar-refractivity contribution in [1.29, 1.82) is 0 Å². The molecule has 3 rings (SSSR count). The Hall–Kier alpha value is -1.91. The maximum atomic E-state index is 12.2. The van der Waals surface area contributed by atoms with E-state index < -0.39 is 0 Å². The monoisotopic (exact) mass is 284 g/mol. The minimum absolute atomic E-state index is 0.0706. The average Bonchev–Trinajstić information content (AvgIpc) is 2.78. The standard InChI is InChI=1S/C17H20N2O2/c1-21-10-9-19-16(20)11-15(18)17(19)14-8-4-6-12-5-2-3-7-13(12)14/h2-8,15,17H,9-11,18H2,1H3. The number of hydrogen-bond acceptors (Lipinski definition) is 3. The van der Waals surface area contributed by atoms with Gasteiger partial charge >= 0.3 is 0 Å². The number of likely N-dealkylation sites (tertiary alicyclic amines) is 1. The number of nitrogens with zero attached hydrogens (tertiary/aromatic N) is 1. The molecule has 0 spiro atoms. The molecule has 0 bridgehead atoms. The molecule has 1 amide bonds. The number of amides is 1. The summed E-state index contributed by atoms with van der Waals surface area (Å²) in [6.45, 7) is 1.11. The molecule has 2 atom stereocenters. The second-order valence-corrected chi connectivity index (χ2v) is 5.46. The highest BCUT2D eigenvalue weighted by Gasteiger charge is 2.38. The fourth-order valence-electron chi connectivity index (χ4n) is 3.18. The van der Waals surface area contributed by atoms with Gasteiger partial charge in [0.1, 0.15) is 0 Å². The van der Waals surface area contributed by atoms with Crippen molar-refractivity contribution in [2.24, 2.45) is 5.73 Å². The van der Waals surface area contributed by atoms with Gasteiger partial charge in [0.2, 0.25) is 5.91 Å². The fourth-order valence-corrected chi connectivity index (χ4v) is 3.18. The zero-order chi connectivity index (χ0) is 14.8. The van der Waals surface area contributed by atoms with Gasteiger partial charge in [0.15, 0.2) is 0 Å². The topological polar surface area (TPSA) is 55.6 Å². The molecule has 2 unspecified atom stereocenters. The van der Waals surface area contributed by atoms with Gasteiger partial charge in [0.25, 0.3) is 0 Å². The van der Waals surface area contributed by atoms with Gasteiger partial charge in [-0.25, -0.2) is 0 Å². The van der Waals surface area contributed by atoms with E-state index in [0.29, 0.717) is 19.6 Å². The van der Waals surface area contributed by atoms with Crippen LogP contribution in [0.25, 0.3) is 10.8 Å². The van der Waals surface area contributed by atoms with Crippen molar-refractivity contribution in [2.75, 3.05) is 20.3 Å². The molecular formula is C17H20N2O2. The minimum Gasteiger partial charge on any atom is -0.383 e. The van der Waals surface area contributed by atoms with E-state index in [4.69, 9.17) is 10.5 Å². The van der Waals surface area contributed by atoms with Crippen LogP contribution in [0.15, 0.2) is 42.5 Å². The van der Waals surface area contributed by atoms with Crippen LogP contribution in [0.3, 0.4) is 0 Å². The summed E-state index contributed by atoms with van der Waals surface area (Å²) in [5, 5.41) is 2.34. The van der Waals surface area contributed by atoms with Crippen molar-refractivity contribution in [3.63, 3.8) is 0 Å². The first-order chi connectivity index (χ1) is 10.2. The first-order valence-corrected chi connectivity index (χ1v) is 7.24. The summed E-state index contributed by atoms with van der Waals surface area (Å²) in [6.07, 6.45) is 0.400. The number of hydrogen-bond donors (Lipinski definition) is 1. The van der Waals surface area contributed by atoms with Gasteiger partial charge in [-0.3, -0.25) is 4.79 Å². The summed E-state index contributed by atoms with van der Waals surface area (Å²) >= 11 is 0. The molecular weight excluding hydrogens is 264 g/mol. The third kappa shape index (κ3) is 2.52. The summed E-state index contributed by atoms with van der Waals surface area (Å²) in [7, 11) is 1.65. The lowest BCUT2D eigenvalue weighted by atomic mass is 9.95. The molecule has 1 aliphatic rings. The molecule has 1 saturated heterocycles. The first-order valence-electron chi connectivity index (χ1n) is 7.24. The van der Waals surface area contributed by atoms with E-state index in [1.54, 1.807) is 7.11 Å². The minimum atomic E-state index is -0.167. The Kier molecular flexibility index (Phi) is 3.90. The van der Waals surface area contributed by atoms with E-state index in [2.05, 4.69) is 24.3 Å². The van der Waals surface area contributed by atoms with Crippen LogP contribution in [-0.2, 0) is 9.53 Å². The van der Waals surface area contributed by atoms with E-state index in [0.717, 1.165) is 10.9 Å². The number of nitrogens with two attached hydrogens (primary N) is 1. The first kappa shape index (κ1) is 14.0. The molecule has 21 heavy (non-hydrogen) atoms. The summed E-state index contributed by atoms with van der Waals surface area (Å²) < 4.78 is 5.12. The Morgan fingerprint density at radius 1 is 1.24 bits per heavy atom. The van der Waals surface area contributed by atoms with Gasteiger partial charge in [0.05, 0.1) is 12.6 Å². The van der Waals surface area contributed by atoms with Crippen LogP contribution in [0.4, 0.5) is 0 Å². The molecule has 0 saturated carbocycles. The molecule has 1 aliphatic heterocycles. The van der Waals surface area contributed by atoms with Gasteiger partial charge in [0, 0.05) is 26.1 Å². The highest BCUT2D eigenvalue weighted by atomic mass is 16.5. The summed E-state index contributed by atoms with van der Waals surface area (Å²) in [5.41, 5.74) is 7.38. The lowest BCUT2D eigenvalue weighted by Gasteiger charge is -2.28. The van der Waals surface area contributed by atoms with E-state index in [1.165, 1.54) is 5.39 Å². The van der Waals surface area contributed by atoms with Gasteiger partial charge in [-0.2, -0.15) is 0 Å². The van der Waals surface area contributed by atoms with Crippen LogP contribution in [0.5, 0.6) is 0 Å². The number of methoxy groups -OCH3 is 1. The van der Waals surface area contributed by atoms with Crippen molar-refractivity contribution in [1.82, 2.24) is 4.90 Å². The third-order valence-corrected chi connectivity index (χ3v) is 4.15. The molecule has 110 valence electrons. The lowest BCUT2D eigenvalue weighted by Crippen LogP contribution is -2.35. The number of rotatable bonds is 4. The Bertz CT molecular complexity index is 651. The molecule has 0 radical (unpaired) electrons. The predicted molar refractivity (Wildman–Crippen MR) is 82.9 cm³/mol. The Morgan fingerprint density at radius 2 is 2.00 bits per heavy atom. The SMILES string of the molecule is COCCN1C(=O)CC(N)C1c1cccc2ccccc12. The lowest BCUT2D eigenvalue weighted by molar-refractivity contribution is -0.129. The van der Waals surface area contributed by atoms with Gasteiger partial charge in [-0.1, -0.05) is 42.5 Å². The van der Waals surface area contributed by atoms with Crippen molar-refractivity contribution in [3.05, 3.63) is 48.0 Å². The summed E-state index contributed by atoms with van der Waals surface area (Å²) in [6, 6.07) is 14.2. The molecule has 4 nitrogen and oxygen atoms in total. The highest BCUT2D eigenvalue weighted by Crippen LogP contribution is 2.35. The molecule has 4 heteroatoms. The van der Waals surface area contributed by atoms with Gasteiger partial charge < -0.3 is 15.4 Å². The van der Waals surface area contributed by atoms with E-state index in [9.17, 15) is 4.79 Å². The molecule has 0 aliphatic carbocycles. The van der Waals surface area contributed by atoms with E-state index in [-0.39, 0.29) is 18.0 Å². The van der Waals surface area contributed by atoms with E-state index in [1.807, 2.05) is 23.1 Å². The van der Waals surface area contributed by atoms with Crippen LogP contribution >= 0.6 is 0 Å². The Labute approximate surface area is 124 Å². The Balaban J connectivity index is 2.04. The second-order valence-electron chi connectivity index (χ2n) is 5.46. The van der Waals surface area contributed by atoms with E-state index >= 15 is 0 Å². The van der Waals surface area contributed by atoms with Crippen LogP contribution in [0.1, 0.15) is 18.0 Å². The highest BCUT2D eigenvalue weighted by molar-refractivity contribution is 5.88. The predicted octanol–water partition coefficient (Wildman–Crippen LogP) is 2.09. The van der Waals surface area contributed by atoms with Crippen molar-refractivity contribution in [2.45, 2.75) is 18.5 Å². The third-order valence-electron chi connectivity index (χ3n) is 4.15. The van der Waals surface area contributed by atoms with Crippen molar-refractivity contribution in [3.8, 4) is 0 Å². The normalized spacial score (nSPS) is 22.2. The maximum absolute atomic E-state index is 12.2. The number of carbonyl (C=O) groups is 1. The number of benzene rings is 2. The summed E-state index contributed by atoms with van der Waals surface area (Å²) in [5.74, 6) is 0.109. The second kappa shape index (κ2) is 5.84. The molecule has 2 aromatic carbocycles. The van der Waals surface area contributed by atoms with Crippen LogP contribution in [-0.4, -0.2) is 37.1 Å². The molecule has 2 N–H and O–H groups in total. The van der Waals surface area contributed by atoms with Crippen LogP contribution < -0.4 is 5.73 Å². The zero-order valence-electron chi connectivity index (χ0n) is 12.2. The fraction of sp³-hybridized carbons (Fsp3) is 0.353. The maximum Gasteiger partial charge on any atom is 0.224 e. The Morgan fingerprint density at radius 3 is 2.81 bits per heavy atom. The van der Waals surface area contributed by atoms with Crippen molar-refractivity contribution >= 4 is 16.7 Å². The number of ether oxygens (including phenoxy) is 1. The van der Waals surface area contributed by atoms with Gasteiger partial charge in [-0.05, 0) is 16.3 Å². The van der Waals surface area contributed by atoms with Crippen LogP contribution in [0, 0.1) is 0 Å². The quantitative estimate of drug-likeness (QED) is 0.935. The largest absolute Gasteiger partial charge is 0.383 e. The van der Waals surface area contributed by atoms with Crippen LogP contribution in [0.2, 0.25) is 0 Å². The molecule has 2 aromatic rings. The number of carbonyl (C=O) groups excluding carboxylic acids is 1. The smallest absolute Gasteiger partial charge is 0.224 e. The molecule has 1 heterocycles. The van der Waals surface area contributed by atoms with Crippen molar-refractivity contribution < 1.29 is 9.53 Å². The average molecular weight is 284 g/mol.